The predicted octanol–water partition coefficient (Wildman–Crippen LogP) is 2.60. The van der Waals surface area contributed by atoms with Crippen molar-refractivity contribution in [3.05, 3.63) is 23.8 Å². The number of rotatable bonds is 2. The number of ether oxygens (including phenoxy) is 1. The summed E-state index contributed by atoms with van der Waals surface area (Å²) in [6, 6.07) is 5.62. The van der Waals surface area contributed by atoms with Crippen molar-refractivity contribution in [2.24, 2.45) is 5.92 Å². The SMILES string of the molecule is CCCN1CCC2COc3cccc(O)c3C2C1. The van der Waals surface area contributed by atoms with Crippen molar-refractivity contribution in [2.45, 2.75) is 25.7 Å². The molecule has 0 aliphatic carbocycles. The average Bonchev–Trinajstić information content (AvgIpc) is 2.39. The number of phenols is 1. The molecule has 2 atom stereocenters. The van der Waals surface area contributed by atoms with Gasteiger partial charge in [-0.25, -0.2) is 0 Å². The lowest BCUT2D eigenvalue weighted by Gasteiger charge is -2.42. The molecule has 0 amide bonds. The van der Waals surface area contributed by atoms with Gasteiger partial charge in [-0.15, -0.1) is 0 Å². The lowest BCUT2D eigenvalue weighted by Crippen LogP contribution is -2.43. The molecular weight excluding hydrogens is 226 g/mol. The number of hydrogen-bond acceptors (Lipinski definition) is 3. The summed E-state index contributed by atoms with van der Waals surface area (Å²) in [6.45, 7) is 6.42. The first-order valence-electron chi connectivity index (χ1n) is 6.96. The van der Waals surface area contributed by atoms with Crippen molar-refractivity contribution in [1.29, 1.82) is 0 Å². The van der Waals surface area contributed by atoms with E-state index in [2.05, 4.69) is 11.8 Å². The van der Waals surface area contributed by atoms with Gasteiger partial charge in [0, 0.05) is 23.9 Å². The van der Waals surface area contributed by atoms with E-state index in [4.69, 9.17) is 4.74 Å². The molecule has 1 saturated heterocycles. The van der Waals surface area contributed by atoms with Gasteiger partial charge in [-0.2, -0.15) is 0 Å². The summed E-state index contributed by atoms with van der Waals surface area (Å²) in [7, 11) is 0. The second kappa shape index (κ2) is 4.81. The van der Waals surface area contributed by atoms with Gasteiger partial charge in [-0.1, -0.05) is 13.0 Å². The summed E-state index contributed by atoms with van der Waals surface area (Å²) in [4.78, 5) is 2.52. The maximum atomic E-state index is 10.1. The fraction of sp³-hybridized carbons (Fsp3) is 0.600. The molecule has 0 bridgehead atoms. The van der Waals surface area contributed by atoms with Gasteiger partial charge in [0.15, 0.2) is 0 Å². The van der Waals surface area contributed by atoms with Gasteiger partial charge >= 0.3 is 0 Å². The van der Waals surface area contributed by atoms with Crippen molar-refractivity contribution in [2.75, 3.05) is 26.2 Å². The Morgan fingerprint density at radius 1 is 1.44 bits per heavy atom. The Labute approximate surface area is 108 Å². The molecule has 0 spiro atoms. The number of piperidine rings is 1. The van der Waals surface area contributed by atoms with Crippen LogP contribution in [-0.4, -0.2) is 36.2 Å². The van der Waals surface area contributed by atoms with Crippen LogP contribution in [0, 0.1) is 5.92 Å². The van der Waals surface area contributed by atoms with E-state index >= 15 is 0 Å². The van der Waals surface area contributed by atoms with E-state index in [1.165, 1.54) is 19.4 Å². The zero-order chi connectivity index (χ0) is 12.5. The van der Waals surface area contributed by atoms with Crippen molar-refractivity contribution < 1.29 is 9.84 Å². The van der Waals surface area contributed by atoms with Crippen molar-refractivity contribution >= 4 is 0 Å². The molecule has 2 unspecified atom stereocenters. The van der Waals surface area contributed by atoms with Crippen LogP contribution in [0.3, 0.4) is 0 Å². The smallest absolute Gasteiger partial charge is 0.126 e. The van der Waals surface area contributed by atoms with Gasteiger partial charge in [0.05, 0.1) is 6.61 Å². The predicted molar refractivity (Wildman–Crippen MR) is 71.2 cm³/mol. The molecule has 18 heavy (non-hydrogen) atoms. The van der Waals surface area contributed by atoms with Crippen LogP contribution >= 0.6 is 0 Å². The lowest BCUT2D eigenvalue weighted by atomic mass is 9.79. The Balaban J connectivity index is 1.89. The topological polar surface area (TPSA) is 32.7 Å². The van der Waals surface area contributed by atoms with Gasteiger partial charge in [-0.3, -0.25) is 0 Å². The number of aromatic hydroxyl groups is 1. The molecular formula is C15H21NO2. The first-order valence-corrected chi connectivity index (χ1v) is 6.96. The zero-order valence-corrected chi connectivity index (χ0v) is 10.9. The molecule has 0 saturated carbocycles. The number of likely N-dealkylation sites (tertiary alicyclic amines) is 1. The number of nitrogens with zero attached hydrogens (tertiary/aromatic N) is 1. The molecule has 2 aliphatic rings. The molecule has 3 rings (SSSR count). The standard InChI is InChI=1S/C15H21NO2/c1-2-7-16-8-6-11-10-18-14-5-3-4-13(17)15(14)12(11)9-16/h3-5,11-12,17H,2,6-10H2,1H3. The Morgan fingerprint density at radius 2 is 2.33 bits per heavy atom. The van der Waals surface area contributed by atoms with Gasteiger partial charge in [0.1, 0.15) is 11.5 Å². The summed E-state index contributed by atoms with van der Waals surface area (Å²) in [6.07, 6.45) is 2.37. The van der Waals surface area contributed by atoms with Gasteiger partial charge in [0.2, 0.25) is 0 Å². The molecule has 0 radical (unpaired) electrons. The van der Waals surface area contributed by atoms with Gasteiger partial charge in [0.25, 0.3) is 0 Å². The van der Waals surface area contributed by atoms with E-state index in [9.17, 15) is 5.11 Å². The third kappa shape index (κ3) is 1.97. The summed E-state index contributed by atoms with van der Waals surface area (Å²) in [5, 5.41) is 10.1. The highest BCUT2D eigenvalue weighted by molar-refractivity contribution is 5.48. The van der Waals surface area contributed by atoms with Crippen LogP contribution in [0.4, 0.5) is 0 Å². The third-order valence-corrected chi connectivity index (χ3v) is 4.25. The third-order valence-electron chi connectivity index (χ3n) is 4.25. The maximum absolute atomic E-state index is 10.1. The molecule has 1 N–H and O–H groups in total. The summed E-state index contributed by atoms with van der Waals surface area (Å²) in [5.74, 6) is 2.30. The van der Waals surface area contributed by atoms with Crippen molar-refractivity contribution in [3.63, 3.8) is 0 Å². The number of phenolic OH excluding ortho intramolecular Hbond substituents is 1. The van der Waals surface area contributed by atoms with Crippen LogP contribution in [0.25, 0.3) is 0 Å². The van der Waals surface area contributed by atoms with Crippen molar-refractivity contribution in [3.8, 4) is 11.5 Å². The lowest BCUT2D eigenvalue weighted by molar-refractivity contribution is 0.0975. The van der Waals surface area contributed by atoms with E-state index in [0.717, 1.165) is 31.0 Å². The maximum Gasteiger partial charge on any atom is 0.126 e. The zero-order valence-electron chi connectivity index (χ0n) is 10.9. The van der Waals surface area contributed by atoms with Crippen molar-refractivity contribution in [1.82, 2.24) is 4.90 Å². The van der Waals surface area contributed by atoms with Crippen LogP contribution in [0.2, 0.25) is 0 Å². The Bertz CT molecular complexity index is 433. The highest BCUT2D eigenvalue weighted by Gasteiger charge is 2.37. The van der Waals surface area contributed by atoms with E-state index < -0.39 is 0 Å². The van der Waals surface area contributed by atoms with Crippen LogP contribution in [0.15, 0.2) is 18.2 Å². The molecule has 1 aromatic carbocycles. The summed E-state index contributed by atoms with van der Waals surface area (Å²) < 4.78 is 5.79. The van der Waals surface area contributed by atoms with Crippen LogP contribution < -0.4 is 4.74 Å². The van der Waals surface area contributed by atoms with E-state index in [1.54, 1.807) is 6.07 Å². The molecule has 1 fully saturated rings. The highest BCUT2D eigenvalue weighted by atomic mass is 16.5. The van der Waals surface area contributed by atoms with Gasteiger partial charge in [-0.05, 0) is 38.1 Å². The normalized spacial score (nSPS) is 27.2. The Hall–Kier alpha value is -1.22. The minimum absolute atomic E-state index is 0.403. The molecule has 0 aromatic heterocycles. The number of fused-ring (bicyclic) bond motifs is 3. The van der Waals surface area contributed by atoms with E-state index in [0.29, 0.717) is 17.6 Å². The second-order valence-corrected chi connectivity index (χ2v) is 5.46. The van der Waals surface area contributed by atoms with E-state index in [-0.39, 0.29) is 0 Å². The summed E-state index contributed by atoms with van der Waals surface area (Å²) in [5.41, 5.74) is 1.04. The first kappa shape index (κ1) is 11.8. The molecule has 2 aliphatic heterocycles. The van der Waals surface area contributed by atoms with Gasteiger partial charge < -0.3 is 14.7 Å². The first-order chi connectivity index (χ1) is 8.79. The number of hydrogen-bond donors (Lipinski definition) is 1. The number of benzene rings is 1. The fourth-order valence-electron chi connectivity index (χ4n) is 3.34. The molecule has 98 valence electrons. The minimum atomic E-state index is 0.403. The Kier molecular flexibility index (Phi) is 3.16. The van der Waals surface area contributed by atoms with Crippen LogP contribution in [-0.2, 0) is 0 Å². The minimum Gasteiger partial charge on any atom is -0.508 e. The molecule has 1 aromatic rings. The van der Waals surface area contributed by atoms with E-state index in [1.807, 2.05) is 12.1 Å². The fourth-order valence-corrected chi connectivity index (χ4v) is 3.34. The molecule has 3 nitrogen and oxygen atoms in total. The largest absolute Gasteiger partial charge is 0.508 e. The van der Waals surface area contributed by atoms with Crippen LogP contribution in [0.5, 0.6) is 11.5 Å². The summed E-state index contributed by atoms with van der Waals surface area (Å²) >= 11 is 0. The highest BCUT2D eigenvalue weighted by Crippen LogP contribution is 2.45. The second-order valence-electron chi connectivity index (χ2n) is 5.46. The molecule has 2 heterocycles. The Morgan fingerprint density at radius 3 is 3.17 bits per heavy atom. The quantitative estimate of drug-likeness (QED) is 0.872. The monoisotopic (exact) mass is 247 g/mol. The average molecular weight is 247 g/mol. The van der Waals surface area contributed by atoms with Crippen LogP contribution in [0.1, 0.15) is 31.2 Å². The molecule has 3 heteroatoms.